The summed E-state index contributed by atoms with van der Waals surface area (Å²) in [6.07, 6.45) is 0. The molecule has 16 heavy (non-hydrogen) atoms. The minimum atomic E-state index is 0.396. The molecule has 0 aliphatic heterocycles. The zero-order valence-corrected chi connectivity index (χ0v) is 8.93. The van der Waals surface area contributed by atoms with Gasteiger partial charge in [-0.1, -0.05) is 5.16 Å². The second-order valence-electron chi connectivity index (χ2n) is 3.41. The monoisotopic (exact) mass is 218 g/mol. The zero-order chi connectivity index (χ0) is 11.5. The Labute approximate surface area is 91.9 Å². The van der Waals surface area contributed by atoms with Crippen molar-refractivity contribution >= 4 is 0 Å². The van der Waals surface area contributed by atoms with Crippen molar-refractivity contribution in [1.29, 1.82) is 0 Å². The molecule has 0 amide bonds. The lowest BCUT2D eigenvalue weighted by Gasteiger charge is -1.98. The molecule has 0 atom stereocenters. The quantitative estimate of drug-likeness (QED) is 0.586. The Morgan fingerprint density at radius 2 is 1.94 bits per heavy atom. The van der Waals surface area contributed by atoms with Crippen LogP contribution in [0, 0.1) is 18.8 Å². The molecule has 0 spiro atoms. The van der Waals surface area contributed by atoms with Gasteiger partial charge in [-0.15, -0.1) is 4.91 Å². The third-order valence-corrected chi connectivity index (χ3v) is 2.42. The molecule has 82 valence electrons. The van der Waals surface area contributed by atoms with Gasteiger partial charge in [-0.3, -0.25) is 0 Å². The van der Waals surface area contributed by atoms with Crippen LogP contribution >= 0.6 is 0 Å². The Bertz CT molecular complexity index is 502. The van der Waals surface area contributed by atoms with Gasteiger partial charge in [-0.05, 0) is 38.1 Å². The fourth-order valence-corrected chi connectivity index (χ4v) is 1.39. The molecule has 2 rings (SSSR count). The maximum atomic E-state index is 9.89. The van der Waals surface area contributed by atoms with E-state index in [-0.39, 0.29) is 0 Å². The highest BCUT2D eigenvalue weighted by Crippen LogP contribution is 2.26. The summed E-state index contributed by atoms with van der Waals surface area (Å²) in [5.41, 5.74) is 2.75. The van der Waals surface area contributed by atoms with Crippen LogP contribution in [0.3, 0.4) is 0 Å². The Hall–Kier alpha value is -2.17. The lowest BCUT2D eigenvalue weighted by molar-refractivity contribution is 0.335. The van der Waals surface area contributed by atoms with Gasteiger partial charge < -0.3 is 9.36 Å². The van der Waals surface area contributed by atoms with Gasteiger partial charge in [-0.25, -0.2) is 0 Å². The number of benzene rings is 1. The van der Waals surface area contributed by atoms with Crippen molar-refractivity contribution in [2.45, 2.75) is 13.8 Å². The number of hydrogen-bond donors (Lipinski definition) is 0. The second-order valence-corrected chi connectivity index (χ2v) is 3.41. The van der Waals surface area contributed by atoms with Crippen LogP contribution in [0.4, 0.5) is 0 Å². The van der Waals surface area contributed by atoms with Gasteiger partial charge in [0, 0.05) is 11.1 Å². The largest absolute Gasteiger partial charge is 0.356 e. The predicted molar refractivity (Wildman–Crippen MR) is 57.8 cm³/mol. The first-order valence-electron chi connectivity index (χ1n) is 4.75. The first-order chi connectivity index (χ1) is 7.72. The van der Waals surface area contributed by atoms with E-state index >= 15 is 0 Å². The third kappa shape index (κ3) is 1.79. The van der Waals surface area contributed by atoms with Crippen molar-refractivity contribution in [1.82, 2.24) is 5.16 Å². The molecule has 5 heteroatoms. The Morgan fingerprint density at radius 3 is 2.44 bits per heavy atom. The third-order valence-electron chi connectivity index (χ3n) is 2.42. The highest BCUT2D eigenvalue weighted by atomic mass is 16.7. The summed E-state index contributed by atoms with van der Waals surface area (Å²) in [5.74, 6) is 1.12. The van der Waals surface area contributed by atoms with E-state index in [2.05, 4.69) is 15.3 Å². The number of rotatable bonds is 3. The number of aromatic nitrogens is 1. The zero-order valence-electron chi connectivity index (χ0n) is 8.93. The minimum absolute atomic E-state index is 0.396. The summed E-state index contributed by atoms with van der Waals surface area (Å²) in [4.78, 5) is 14.3. The summed E-state index contributed by atoms with van der Waals surface area (Å²) < 4.78 is 5.20. The molecular formula is C11H10N2O3. The Morgan fingerprint density at radius 1 is 1.25 bits per heavy atom. The lowest BCUT2D eigenvalue weighted by atomic mass is 10.1. The van der Waals surface area contributed by atoms with E-state index < -0.39 is 0 Å². The standard InChI is InChI=1S/C11H10N2O3/c1-7-8(2)12-16-11(7)9-3-5-10(6-4-9)15-13-14/h3-6H,1-2H3. The lowest BCUT2D eigenvalue weighted by Crippen LogP contribution is -1.82. The van der Waals surface area contributed by atoms with Crippen molar-refractivity contribution < 1.29 is 9.36 Å². The molecular weight excluding hydrogens is 208 g/mol. The predicted octanol–water partition coefficient (Wildman–Crippen LogP) is 3.02. The molecule has 1 heterocycles. The number of aryl methyl sites for hydroxylation is 1. The van der Waals surface area contributed by atoms with Crippen molar-refractivity contribution in [2.24, 2.45) is 5.34 Å². The van der Waals surface area contributed by atoms with E-state index in [4.69, 9.17) is 4.52 Å². The summed E-state index contributed by atoms with van der Waals surface area (Å²) in [6, 6.07) is 6.86. The normalized spacial score (nSPS) is 10.1. The van der Waals surface area contributed by atoms with Crippen LogP contribution < -0.4 is 4.84 Å². The molecule has 0 saturated carbocycles. The van der Waals surface area contributed by atoms with Crippen LogP contribution in [-0.2, 0) is 0 Å². The Kier molecular flexibility index (Phi) is 2.68. The van der Waals surface area contributed by atoms with Crippen LogP contribution in [-0.4, -0.2) is 5.16 Å². The van der Waals surface area contributed by atoms with Crippen LogP contribution in [0.1, 0.15) is 11.3 Å². The molecule has 0 aliphatic carbocycles. The summed E-state index contributed by atoms with van der Waals surface area (Å²) >= 11 is 0. The molecule has 0 unspecified atom stereocenters. The van der Waals surface area contributed by atoms with E-state index in [0.29, 0.717) is 5.75 Å². The van der Waals surface area contributed by atoms with E-state index in [1.54, 1.807) is 24.3 Å². The average Bonchev–Trinajstić information content (AvgIpc) is 2.62. The Balaban J connectivity index is 2.34. The van der Waals surface area contributed by atoms with E-state index in [1.807, 2.05) is 13.8 Å². The van der Waals surface area contributed by atoms with Crippen molar-refractivity contribution in [3.05, 3.63) is 40.4 Å². The molecule has 0 saturated heterocycles. The van der Waals surface area contributed by atoms with Gasteiger partial charge >= 0.3 is 0 Å². The van der Waals surface area contributed by atoms with E-state index in [9.17, 15) is 4.91 Å². The van der Waals surface area contributed by atoms with E-state index in [0.717, 1.165) is 22.6 Å². The number of nitrogens with zero attached hydrogens (tertiary/aromatic N) is 2. The van der Waals surface area contributed by atoms with Gasteiger partial charge in [0.25, 0.3) is 0 Å². The number of hydrogen-bond acceptors (Lipinski definition) is 5. The smallest absolute Gasteiger partial charge is 0.170 e. The fraction of sp³-hybridized carbons (Fsp3) is 0.182. The van der Waals surface area contributed by atoms with Crippen molar-refractivity contribution in [2.75, 3.05) is 0 Å². The molecule has 0 N–H and O–H groups in total. The highest BCUT2D eigenvalue weighted by molar-refractivity contribution is 5.62. The van der Waals surface area contributed by atoms with E-state index in [1.165, 1.54) is 0 Å². The summed E-state index contributed by atoms with van der Waals surface area (Å²) in [5, 5.41) is 6.22. The maximum Gasteiger partial charge on any atom is 0.170 e. The van der Waals surface area contributed by atoms with Gasteiger partial charge in [-0.2, -0.15) is 0 Å². The summed E-state index contributed by atoms with van der Waals surface area (Å²) in [6.45, 7) is 3.83. The van der Waals surface area contributed by atoms with Gasteiger partial charge in [0.05, 0.1) is 5.69 Å². The van der Waals surface area contributed by atoms with Crippen molar-refractivity contribution in [3.8, 4) is 17.1 Å². The second kappa shape index (κ2) is 4.14. The molecule has 2 aromatic rings. The van der Waals surface area contributed by atoms with Crippen molar-refractivity contribution in [3.63, 3.8) is 0 Å². The molecule has 0 bridgehead atoms. The molecule has 5 nitrogen and oxygen atoms in total. The van der Waals surface area contributed by atoms with Gasteiger partial charge in [0.1, 0.15) is 0 Å². The topological polar surface area (TPSA) is 64.7 Å². The maximum absolute atomic E-state index is 9.89. The molecule has 1 aromatic carbocycles. The average molecular weight is 218 g/mol. The first kappa shape index (κ1) is 10.4. The first-order valence-corrected chi connectivity index (χ1v) is 4.75. The highest BCUT2D eigenvalue weighted by Gasteiger charge is 2.10. The van der Waals surface area contributed by atoms with Crippen LogP contribution in [0.2, 0.25) is 0 Å². The molecule has 1 aromatic heterocycles. The van der Waals surface area contributed by atoms with Gasteiger partial charge in [0.15, 0.2) is 16.8 Å². The fourth-order valence-electron chi connectivity index (χ4n) is 1.39. The van der Waals surface area contributed by atoms with Crippen LogP contribution in [0.5, 0.6) is 5.75 Å². The molecule has 0 aliphatic rings. The SMILES string of the molecule is Cc1noc(-c2ccc(ON=O)cc2)c1C. The van der Waals surface area contributed by atoms with Crippen LogP contribution in [0.15, 0.2) is 34.1 Å². The molecule has 0 radical (unpaired) electrons. The summed E-state index contributed by atoms with van der Waals surface area (Å²) in [7, 11) is 0. The van der Waals surface area contributed by atoms with Crippen LogP contribution in [0.25, 0.3) is 11.3 Å². The molecule has 0 fully saturated rings. The minimum Gasteiger partial charge on any atom is -0.356 e. The van der Waals surface area contributed by atoms with Gasteiger partial charge in [0.2, 0.25) is 0 Å².